The van der Waals surface area contributed by atoms with Gasteiger partial charge in [0.1, 0.15) is 0 Å². The Bertz CT molecular complexity index is 289. The molecule has 0 aliphatic heterocycles. The molecular formula is C10H14Cl2N2. The molecule has 0 saturated carbocycles. The topological polar surface area (TPSA) is 38.0 Å². The van der Waals surface area contributed by atoms with Gasteiger partial charge in [0.25, 0.3) is 0 Å². The zero-order valence-electron chi connectivity index (χ0n) is 7.89. The lowest BCUT2D eigenvalue weighted by molar-refractivity contribution is 0.655. The van der Waals surface area contributed by atoms with Crippen molar-refractivity contribution in [1.29, 1.82) is 0 Å². The van der Waals surface area contributed by atoms with Gasteiger partial charge in [-0.15, -0.1) is 0 Å². The van der Waals surface area contributed by atoms with Gasteiger partial charge in [-0.1, -0.05) is 29.3 Å². The third-order valence-corrected chi connectivity index (χ3v) is 2.61. The Hall–Kier alpha value is -0.280. The molecule has 3 N–H and O–H groups in total. The van der Waals surface area contributed by atoms with Gasteiger partial charge >= 0.3 is 0 Å². The van der Waals surface area contributed by atoms with Crippen molar-refractivity contribution in [2.75, 3.05) is 13.1 Å². The van der Waals surface area contributed by atoms with Crippen molar-refractivity contribution in [2.24, 2.45) is 5.73 Å². The number of nitrogens with one attached hydrogen (secondary N) is 1. The maximum Gasteiger partial charge on any atom is 0.0595 e. The van der Waals surface area contributed by atoms with Crippen LogP contribution in [0.3, 0.4) is 0 Å². The van der Waals surface area contributed by atoms with Crippen LogP contribution in [-0.2, 0) is 6.54 Å². The maximum atomic E-state index is 5.87. The minimum Gasteiger partial charge on any atom is -0.330 e. The second-order valence-corrected chi connectivity index (χ2v) is 3.88. The van der Waals surface area contributed by atoms with Gasteiger partial charge in [0.15, 0.2) is 0 Å². The van der Waals surface area contributed by atoms with Gasteiger partial charge in [-0.25, -0.2) is 0 Å². The van der Waals surface area contributed by atoms with Crippen molar-refractivity contribution in [2.45, 2.75) is 13.0 Å². The molecular weight excluding hydrogens is 219 g/mol. The average molecular weight is 233 g/mol. The fourth-order valence-electron chi connectivity index (χ4n) is 1.11. The van der Waals surface area contributed by atoms with E-state index in [1.807, 2.05) is 18.2 Å². The Kier molecular flexibility index (Phi) is 5.26. The van der Waals surface area contributed by atoms with Crippen LogP contribution in [0.1, 0.15) is 12.0 Å². The fraction of sp³-hybridized carbons (Fsp3) is 0.400. The van der Waals surface area contributed by atoms with Gasteiger partial charge < -0.3 is 11.1 Å². The Balaban J connectivity index is 2.39. The molecule has 1 rings (SSSR count). The fourth-order valence-corrected chi connectivity index (χ4v) is 1.43. The predicted molar refractivity (Wildman–Crippen MR) is 61.8 cm³/mol. The van der Waals surface area contributed by atoms with Gasteiger partial charge in [-0.05, 0) is 37.2 Å². The molecule has 0 atom stereocenters. The number of benzene rings is 1. The van der Waals surface area contributed by atoms with E-state index in [9.17, 15) is 0 Å². The number of hydrogen-bond donors (Lipinski definition) is 2. The van der Waals surface area contributed by atoms with Gasteiger partial charge in [-0.3, -0.25) is 0 Å². The van der Waals surface area contributed by atoms with Crippen LogP contribution in [0.5, 0.6) is 0 Å². The molecule has 0 spiro atoms. The van der Waals surface area contributed by atoms with E-state index in [2.05, 4.69) is 5.32 Å². The quantitative estimate of drug-likeness (QED) is 0.766. The molecule has 1 aromatic carbocycles. The summed E-state index contributed by atoms with van der Waals surface area (Å²) in [6, 6.07) is 5.65. The molecule has 0 unspecified atom stereocenters. The average Bonchev–Trinajstić information content (AvgIpc) is 2.18. The van der Waals surface area contributed by atoms with Crippen molar-refractivity contribution in [3.05, 3.63) is 33.8 Å². The summed E-state index contributed by atoms with van der Waals surface area (Å²) in [5, 5.41) is 4.46. The van der Waals surface area contributed by atoms with Gasteiger partial charge in [-0.2, -0.15) is 0 Å². The van der Waals surface area contributed by atoms with Gasteiger partial charge in [0, 0.05) is 6.54 Å². The Morgan fingerprint density at radius 2 is 2.00 bits per heavy atom. The van der Waals surface area contributed by atoms with Crippen LogP contribution in [-0.4, -0.2) is 13.1 Å². The largest absolute Gasteiger partial charge is 0.330 e. The molecule has 78 valence electrons. The Morgan fingerprint density at radius 1 is 1.21 bits per heavy atom. The molecule has 0 heterocycles. The molecule has 0 saturated heterocycles. The molecule has 0 bridgehead atoms. The van der Waals surface area contributed by atoms with Crippen molar-refractivity contribution in [3.63, 3.8) is 0 Å². The zero-order valence-corrected chi connectivity index (χ0v) is 9.41. The van der Waals surface area contributed by atoms with Crippen LogP contribution in [0.15, 0.2) is 18.2 Å². The van der Waals surface area contributed by atoms with Gasteiger partial charge in [0.2, 0.25) is 0 Å². The smallest absolute Gasteiger partial charge is 0.0595 e. The summed E-state index contributed by atoms with van der Waals surface area (Å²) in [5.41, 5.74) is 6.51. The molecule has 0 fully saturated rings. The highest BCUT2D eigenvalue weighted by Crippen LogP contribution is 2.22. The van der Waals surface area contributed by atoms with Crippen molar-refractivity contribution < 1.29 is 0 Å². The molecule has 2 nitrogen and oxygen atoms in total. The van der Waals surface area contributed by atoms with E-state index >= 15 is 0 Å². The van der Waals surface area contributed by atoms with Crippen LogP contribution in [0.2, 0.25) is 10.0 Å². The summed E-state index contributed by atoms with van der Waals surface area (Å²) in [6.45, 7) is 2.45. The lowest BCUT2D eigenvalue weighted by Crippen LogP contribution is -2.17. The highest BCUT2D eigenvalue weighted by Gasteiger charge is 1.98. The normalized spacial score (nSPS) is 10.5. The minimum absolute atomic E-state index is 0.595. The lowest BCUT2D eigenvalue weighted by atomic mass is 10.2. The molecule has 1 aromatic rings. The molecule has 14 heavy (non-hydrogen) atoms. The van der Waals surface area contributed by atoms with Crippen LogP contribution in [0.25, 0.3) is 0 Å². The molecule has 0 radical (unpaired) electrons. The summed E-state index contributed by atoms with van der Waals surface area (Å²) in [7, 11) is 0. The van der Waals surface area contributed by atoms with Crippen molar-refractivity contribution >= 4 is 23.2 Å². The summed E-state index contributed by atoms with van der Waals surface area (Å²) in [6.07, 6.45) is 0.987. The molecule has 0 aliphatic carbocycles. The van der Waals surface area contributed by atoms with E-state index in [0.29, 0.717) is 16.6 Å². The summed E-state index contributed by atoms with van der Waals surface area (Å²) < 4.78 is 0. The first-order valence-electron chi connectivity index (χ1n) is 4.58. The minimum atomic E-state index is 0.595. The van der Waals surface area contributed by atoms with Crippen molar-refractivity contribution in [1.82, 2.24) is 5.32 Å². The first-order valence-corrected chi connectivity index (χ1v) is 5.34. The van der Waals surface area contributed by atoms with Crippen LogP contribution >= 0.6 is 23.2 Å². The highest BCUT2D eigenvalue weighted by molar-refractivity contribution is 6.42. The summed E-state index contributed by atoms with van der Waals surface area (Å²) in [5.74, 6) is 0. The first-order chi connectivity index (χ1) is 6.74. The second kappa shape index (κ2) is 6.25. The maximum absolute atomic E-state index is 5.87. The molecule has 0 amide bonds. The van der Waals surface area contributed by atoms with E-state index < -0.39 is 0 Å². The predicted octanol–water partition coefficient (Wildman–Crippen LogP) is 2.43. The molecule has 0 aromatic heterocycles. The lowest BCUT2D eigenvalue weighted by Gasteiger charge is -2.04. The Morgan fingerprint density at radius 3 is 2.64 bits per heavy atom. The van der Waals surface area contributed by atoms with Crippen LogP contribution < -0.4 is 11.1 Å². The van der Waals surface area contributed by atoms with E-state index in [1.165, 1.54) is 0 Å². The highest BCUT2D eigenvalue weighted by atomic mass is 35.5. The molecule has 4 heteroatoms. The van der Waals surface area contributed by atoms with Crippen LogP contribution in [0.4, 0.5) is 0 Å². The van der Waals surface area contributed by atoms with Crippen molar-refractivity contribution in [3.8, 4) is 0 Å². The zero-order chi connectivity index (χ0) is 10.4. The monoisotopic (exact) mass is 232 g/mol. The third-order valence-electron chi connectivity index (χ3n) is 1.87. The first kappa shape index (κ1) is 11.8. The SMILES string of the molecule is NCCCNCc1ccc(Cl)c(Cl)c1. The van der Waals surface area contributed by atoms with E-state index in [0.717, 1.165) is 25.1 Å². The van der Waals surface area contributed by atoms with E-state index in [1.54, 1.807) is 0 Å². The van der Waals surface area contributed by atoms with E-state index in [4.69, 9.17) is 28.9 Å². The van der Waals surface area contributed by atoms with Gasteiger partial charge in [0.05, 0.1) is 10.0 Å². The third kappa shape index (κ3) is 3.84. The number of halogens is 2. The van der Waals surface area contributed by atoms with E-state index in [-0.39, 0.29) is 0 Å². The second-order valence-electron chi connectivity index (χ2n) is 3.07. The number of rotatable bonds is 5. The molecule has 0 aliphatic rings. The number of nitrogens with two attached hydrogens (primary N) is 1. The number of hydrogen-bond acceptors (Lipinski definition) is 2. The van der Waals surface area contributed by atoms with Crippen LogP contribution in [0, 0.1) is 0 Å². The standard InChI is InChI=1S/C10H14Cl2N2/c11-9-3-2-8(6-10(9)12)7-14-5-1-4-13/h2-3,6,14H,1,4-5,7,13H2. The Labute approximate surface area is 94.4 Å². The summed E-state index contributed by atoms with van der Waals surface area (Å²) in [4.78, 5) is 0. The summed E-state index contributed by atoms with van der Waals surface area (Å²) >= 11 is 11.7.